The quantitative estimate of drug-likeness (QED) is 0.652. The van der Waals surface area contributed by atoms with Crippen molar-refractivity contribution in [2.45, 2.75) is 23.8 Å². The molecule has 3 rings (SSSR count). The Kier molecular flexibility index (Phi) is 5.36. The van der Waals surface area contributed by atoms with E-state index in [0.717, 1.165) is 30.2 Å². The second-order valence-electron chi connectivity index (χ2n) is 6.23. The average molecular weight is 366 g/mol. The van der Waals surface area contributed by atoms with Crippen molar-refractivity contribution in [1.82, 2.24) is 20.3 Å². The summed E-state index contributed by atoms with van der Waals surface area (Å²) in [5, 5.41) is 8.77. The average Bonchev–Trinajstić information content (AvgIpc) is 2.62. The number of piperidine rings is 1. The molecule has 1 atom stereocenters. The molecule has 9 heteroatoms. The molecule has 2 aliphatic rings. The molecular formula is C16H22N4O4S. The summed E-state index contributed by atoms with van der Waals surface area (Å²) >= 11 is 0. The first-order valence-corrected chi connectivity index (χ1v) is 9.79. The highest BCUT2D eigenvalue weighted by Gasteiger charge is 2.29. The summed E-state index contributed by atoms with van der Waals surface area (Å²) in [6.07, 6.45) is 1.95. The molecule has 1 aromatic carbocycles. The third-order valence-corrected chi connectivity index (χ3v) is 6.25. The zero-order valence-electron chi connectivity index (χ0n) is 13.8. The number of hydrogen-bond donors (Lipinski definition) is 3. The standard InChI is InChI=1S/C16H22N4O4S/c21-15-11-20(9-8-18-15)25(23,24)14-5-3-12(4-6-14)16(22)19-13-2-1-7-17-10-13/h3-6,13,17H,1-2,7-11H2,(H,18,21)(H,19,22)/t13-/m0/s1. The molecule has 0 aromatic heterocycles. The Hall–Kier alpha value is -1.97. The molecule has 0 aliphatic carbocycles. The molecule has 0 saturated carbocycles. The number of carbonyl (C=O) groups excluding carboxylic acids is 2. The van der Waals surface area contributed by atoms with E-state index in [0.29, 0.717) is 12.1 Å². The number of hydrogen-bond acceptors (Lipinski definition) is 5. The molecule has 0 unspecified atom stereocenters. The molecule has 2 heterocycles. The third-order valence-electron chi connectivity index (χ3n) is 4.39. The normalized spacial score (nSPS) is 22.2. The predicted octanol–water partition coefficient (Wildman–Crippen LogP) is -0.711. The van der Waals surface area contributed by atoms with Gasteiger partial charge in [0.2, 0.25) is 15.9 Å². The minimum atomic E-state index is -3.73. The van der Waals surface area contributed by atoms with Crippen LogP contribution in [0.4, 0.5) is 0 Å². The van der Waals surface area contributed by atoms with Gasteiger partial charge in [-0.3, -0.25) is 9.59 Å². The Morgan fingerprint density at radius 1 is 1.20 bits per heavy atom. The van der Waals surface area contributed by atoms with E-state index in [1.165, 1.54) is 24.3 Å². The van der Waals surface area contributed by atoms with Gasteiger partial charge >= 0.3 is 0 Å². The lowest BCUT2D eigenvalue weighted by Gasteiger charge is -2.26. The summed E-state index contributed by atoms with van der Waals surface area (Å²) in [4.78, 5) is 23.8. The number of sulfonamides is 1. The summed E-state index contributed by atoms with van der Waals surface area (Å²) < 4.78 is 26.3. The summed E-state index contributed by atoms with van der Waals surface area (Å²) in [5.41, 5.74) is 0.418. The van der Waals surface area contributed by atoms with Crippen molar-refractivity contribution in [3.8, 4) is 0 Å². The van der Waals surface area contributed by atoms with E-state index in [-0.39, 0.29) is 35.8 Å². The SMILES string of the molecule is O=C1CN(S(=O)(=O)c2ccc(C(=O)N[C@H]3CCCNC3)cc2)CCN1. The van der Waals surface area contributed by atoms with Crippen LogP contribution >= 0.6 is 0 Å². The lowest BCUT2D eigenvalue weighted by molar-refractivity contribution is -0.122. The van der Waals surface area contributed by atoms with Crippen LogP contribution in [0.5, 0.6) is 0 Å². The molecule has 0 radical (unpaired) electrons. The highest BCUT2D eigenvalue weighted by Crippen LogP contribution is 2.17. The number of benzene rings is 1. The number of carbonyl (C=O) groups is 2. The number of rotatable bonds is 4. The largest absolute Gasteiger partial charge is 0.354 e. The fraction of sp³-hybridized carbons (Fsp3) is 0.500. The molecule has 2 fully saturated rings. The van der Waals surface area contributed by atoms with Gasteiger partial charge in [-0.15, -0.1) is 0 Å². The van der Waals surface area contributed by atoms with Crippen LogP contribution in [0.15, 0.2) is 29.2 Å². The number of nitrogens with one attached hydrogen (secondary N) is 3. The van der Waals surface area contributed by atoms with Crippen molar-refractivity contribution in [2.75, 3.05) is 32.7 Å². The van der Waals surface area contributed by atoms with Crippen molar-refractivity contribution in [3.63, 3.8) is 0 Å². The van der Waals surface area contributed by atoms with Crippen LogP contribution in [0.3, 0.4) is 0 Å². The Bertz CT molecular complexity index is 742. The molecule has 136 valence electrons. The first-order valence-electron chi connectivity index (χ1n) is 8.35. The van der Waals surface area contributed by atoms with Crippen molar-refractivity contribution in [3.05, 3.63) is 29.8 Å². The van der Waals surface area contributed by atoms with Gasteiger partial charge in [0.1, 0.15) is 0 Å². The van der Waals surface area contributed by atoms with Crippen molar-refractivity contribution < 1.29 is 18.0 Å². The first kappa shape index (κ1) is 17.8. The van der Waals surface area contributed by atoms with E-state index < -0.39 is 10.0 Å². The Morgan fingerprint density at radius 3 is 2.60 bits per heavy atom. The van der Waals surface area contributed by atoms with Crippen molar-refractivity contribution in [1.29, 1.82) is 0 Å². The molecule has 0 spiro atoms. The molecule has 25 heavy (non-hydrogen) atoms. The fourth-order valence-electron chi connectivity index (χ4n) is 2.99. The highest BCUT2D eigenvalue weighted by molar-refractivity contribution is 7.89. The molecule has 2 aliphatic heterocycles. The predicted molar refractivity (Wildman–Crippen MR) is 91.6 cm³/mol. The molecule has 2 saturated heterocycles. The smallest absolute Gasteiger partial charge is 0.251 e. The zero-order chi connectivity index (χ0) is 17.9. The second kappa shape index (κ2) is 7.51. The number of amides is 2. The minimum absolute atomic E-state index is 0.0816. The summed E-state index contributed by atoms with van der Waals surface area (Å²) in [5.74, 6) is -0.526. The summed E-state index contributed by atoms with van der Waals surface area (Å²) in [6, 6.07) is 5.92. The number of nitrogens with zero attached hydrogens (tertiary/aromatic N) is 1. The molecule has 2 amide bonds. The van der Waals surface area contributed by atoms with E-state index >= 15 is 0 Å². The highest BCUT2D eigenvalue weighted by atomic mass is 32.2. The van der Waals surface area contributed by atoms with Crippen LogP contribution in [0.2, 0.25) is 0 Å². The lowest BCUT2D eigenvalue weighted by atomic mass is 10.1. The Morgan fingerprint density at radius 2 is 1.96 bits per heavy atom. The van der Waals surface area contributed by atoms with Gasteiger partial charge in [-0.1, -0.05) is 0 Å². The van der Waals surface area contributed by atoms with Crippen LogP contribution in [-0.2, 0) is 14.8 Å². The molecule has 3 N–H and O–H groups in total. The second-order valence-corrected chi connectivity index (χ2v) is 8.17. The monoisotopic (exact) mass is 366 g/mol. The van der Waals surface area contributed by atoms with Crippen LogP contribution < -0.4 is 16.0 Å². The lowest BCUT2D eigenvalue weighted by Crippen LogP contribution is -2.49. The number of piperazine rings is 1. The Balaban J connectivity index is 1.68. The van der Waals surface area contributed by atoms with Gasteiger partial charge in [0, 0.05) is 31.2 Å². The van der Waals surface area contributed by atoms with Crippen LogP contribution in [0.1, 0.15) is 23.2 Å². The van der Waals surface area contributed by atoms with Crippen LogP contribution in [-0.4, -0.2) is 63.3 Å². The third kappa shape index (κ3) is 4.17. The maximum absolute atomic E-state index is 12.6. The van der Waals surface area contributed by atoms with E-state index in [2.05, 4.69) is 16.0 Å². The Labute approximate surface area is 147 Å². The fourth-order valence-corrected chi connectivity index (χ4v) is 4.39. The first-order chi connectivity index (χ1) is 12.0. The molecule has 0 bridgehead atoms. The van der Waals surface area contributed by atoms with Crippen LogP contribution in [0, 0.1) is 0 Å². The van der Waals surface area contributed by atoms with Gasteiger partial charge in [-0.2, -0.15) is 4.31 Å². The molecular weight excluding hydrogens is 344 g/mol. The van der Waals surface area contributed by atoms with E-state index in [9.17, 15) is 18.0 Å². The summed E-state index contributed by atoms with van der Waals surface area (Å²) in [6.45, 7) is 2.07. The van der Waals surface area contributed by atoms with E-state index in [4.69, 9.17) is 0 Å². The maximum Gasteiger partial charge on any atom is 0.251 e. The van der Waals surface area contributed by atoms with Crippen molar-refractivity contribution >= 4 is 21.8 Å². The van der Waals surface area contributed by atoms with Gasteiger partial charge in [-0.25, -0.2) is 8.42 Å². The summed E-state index contributed by atoms with van der Waals surface area (Å²) in [7, 11) is -3.73. The van der Waals surface area contributed by atoms with Gasteiger partial charge in [-0.05, 0) is 43.7 Å². The minimum Gasteiger partial charge on any atom is -0.354 e. The molecule has 1 aromatic rings. The maximum atomic E-state index is 12.6. The van der Waals surface area contributed by atoms with Gasteiger partial charge in [0.15, 0.2) is 0 Å². The molecule has 8 nitrogen and oxygen atoms in total. The zero-order valence-corrected chi connectivity index (χ0v) is 14.6. The van der Waals surface area contributed by atoms with Crippen molar-refractivity contribution in [2.24, 2.45) is 0 Å². The van der Waals surface area contributed by atoms with Gasteiger partial charge < -0.3 is 16.0 Å². The van der Waals surface area contributed by atoms with Crippen LogP contribution in [0.25, 0.3) is 0 Å². The van der Waals surface area contributed by atoms with E-state index in [1.807, 2.05) is 0 Å². The van der Waals surface area contributed by atoms with Gasteiger partial charge in [0.25, 0.3) is 5.91 Å². The van der Waals surface area contributed by atoms with E-state index in [1.54, 1.807) is 0 Å². The van der Waals surface area contributed by atoms with Gasteiger partial charge in [0.05, 0.1) is 11.4 Å². The topological polar surface area (TPSA) is 108 Å².